The van der Waals surface area contributed by atoms with Crippen molar-refractivity contribution in [3.05, 3.63) is 17.2 Å². The number of carbonyl (C=O) groups excluding carboxylic acids is 2. The summed E-state index contributed by atoms with van der Waals surface area (Å²) in [5.74, 6) is 0.323. The highest BCUT2D eigenvalue weighted by Gasteiger charge is 2.33. The Morgan fingerprint density at radius 3 is 2.71 bits per heavy atom. The van der Waals surface area contributed by atoms with Gasteiger partial charge in [-0.05, 0) is 72.0 Å². The van der Waals surface area contributed by atoms with Gasteiger partial charge in [0.15, 0.2) is 5.82 Å². The number of aromatic nitrogens is 2. The van der Waals surface area contributed by atoms with Gasteiger partial charge in [-0.1, -0.05) is 6.92 Å². The van der Waals surface area contributed by atoms with Gasteiger partial charge >= 0.3 is 0 Å². The lowest BCUT2D eigenvalue weighted by molar-refractivity contribution is 0.0589. The highest BCUT2D eigenvalue weighted by molar-refractivity contribution is 5.97. The Morgan fingerprint density at radius 2 is 1.96 bits per heavy atom. The topological polar surface area (TPSA) is 70.5 Å². The molecule has 3 rings (SSSR count). The molecule has 2 aliphatic rings. The first-order valence-electron chi connectivity index (χ1n) is 10.9. The van der Waals surface area contributed by atoms with Gasteiger partial charge in [0.1, 0.15) is 5.69 Å². The van der Waals surface area contributed by atoms with E-state index in [0.29, 0.717) is 24.1 Å². The fourth-order valence-electron chi connectivity index (χ4n) is 4.39. The standard InChI is InChI=1S/C21H35N5O2/c1-4-16-10-5-7-14-25(16)21(28)19-23-18(17-11-6-8-15-26(17)19)20(27)22-12-9-13-24(2)3/h16H,4-15H2,1-3H3,(H,22,27). The summed E-state index contributed by atoms with van der Waals surface area (Å²) in [4.78, 5) is 34.8. The summed E-state index contributed by atoms with van der Waals surface area (Å²) in [6.45, 7) is 5.27. The summed E-state index contributed by atoms with van der Waals surface area (Å²) in [6, 6.07) is 0.293. The SMILES string of the molecule is CCC1CCCCN1C(=O)c1nc(C(=O)NCCCN(C)C)c2n1CCCC2. The third-order valence-electron chi connectivity index (χ3n) is 5.95. The molecule has 1 N–H and O–H groups in total. The van der Waals surface area contributed by atoms with Crippen LogP contribution >= 0.6 is 0 Å². The van der Waals surface area contributed by atoms with Crippen molar-refractivity contribution < 1.29 is 9.59 Å². The lowest BCUT2D eigenvalue weighted by atomic mass is 10.00. The van der Waals surface area contributed by atoms with Gasteiger partial charge in [0.05, 0.1) is 5.69 Å². The molecule has 1 saturated heterocycles. The first-order chi connectivity index (χ1) is 13.5. The molecule has 2 aliphatic heterocycles. The number of likely N-dealkylation sites (tertiary alicyclic amines) is 1. The van der Waals surface area contributed by atoms with Crippen molar-refractivity contribution in [1.82, 2.24) is 24.7 Å². The van der Waals surface area contributed by atoms with E-state index in [4.69, 9.17) is 0 Å². The second-order valence-electron chi connectivity index (χ2n) is 8.31. The number of piperidine rings is 1. The van der Waals surface area contributed by atoms with Crippen molar-refractivity contribution in [2.45, 2.75) is 70.9 Å². The Morgan fingerprint density at radius 1 is 1.18 bits per heavy atom. The monoisotopic (exact) mass is 389 g/mol. The normalized spacial score (nSPS) is 19.6. The van der Waals surface area contributed by atoms with Gasteiger partial charge in [0, 0.05) is 25.7 Å². The first-order valence-corrected chi connectivity index (χ1v) is 10.9. The van der Waals surface area contributed by atoms with Crippen LogP contribution in [0.25, 0.3) is 0 Å². The smallest absolute Gasteiger partial charge is 0.290 e. The molecule has 1 unspecified atom stereocenters. The number of amides is 2. The molecule has 1 aromatic rings. The molecule has 1 fully saturated rings. The maximum absolute atomic E-state index is 13.3. The van der Waals surface area contributed by atoms with E-state index in [1.165, 1.54) is 6.42 Å². The van der Waals surface area contributed by atoms with E-state index in [9.17, 15) is 9.59 Å². The van der Waals surface area contributed by atoms with Crippen LogP contribution in [0.15, 0.2) is 0 Å². The number of imidazole rings is 1. The molecule has 2 amide bonds. The van der Waals surface area contributed by atoms with Crippen molar-refractivity contribution in [1.29, 1.82) is 0 Å². The van der Waals surface area contributed by atoms with Crippen LogP contribution in [0.1, 0.15) is 78.7 Å². The molecule has 0 saturated carbocycles. The number of fused-ring (bicyclic) bond motifs is 1. The minimum atomic E-state index is -0.144. The zero-order chi connectivity index (χ0) is 20.1. The van der Waals surface area contributed by atoms with E-state index < -0.39 is 0 Å². The first kappa shape index (κ1) is 20.8. The fourth-order valence-corrected chi connectivity index (χ4v) is 4.39. The maximum atomic E-state index is 13.3. The Balaban J connectivity index is 1.79. The van der Waals surface area contributed by atoms with Crippen LogP contribution in [-0.4, -0.2) is 70.9 Å². The number of hydrogen-bond acceptors (Lipinski definition) is 4. The van der Waals surface area contributed by atoms with Gasteiger partial charge in [-0.25, -0.2) is 4.98 Å². The molecule has 3 heterocycles. The van der Waals surface area contributed by atoms with Crippen LogP contribution < -0.4 is 5.32 Å². The average molecular weight is 390 g/mol. The number of hydrogen-bond donors (Lipinski definition) is 1. The molecule has 156 valence electrons. The number of rotatable bonds is 7. The summed E-state index contributed by atoms with van der Waals surface area (Å²) in [6.07, 6.45) is 8.06. The van der Waals surface area contributed by atoms with Crippen LogP contribution in [-0.2, 0) is 13.0 Å². The summed E-state index contributed by atoms with van der Waals surface area (Å²) in [5, 5.41) is 2.99. The maximum Gasteiger partial charge on any atom is 0.290 e. The van der Waals surface area contributed by atoms with E-state index in [1.54, 1.807) is 0 Å². The van der Waals surface area contributed by atoms with Crippen LogP contribution in [0.4, 0.5) is 0 Å². The highest BCUT2D eigenvalue weighted by atomic mass is 16.2. The lowest BCUT2D eigenvalue weighted by Gasteiger charge is -2.35. The molecule has 7 nitrogen and oxygen atoms in total. The van der Waals surface area contributed by atoms with Crippen LogP contribution in [0.2, 0.25) is 0 Å². The molecule has 0 radical (unpaired) electrons. The summed E-state index contributed by atoms with van der Waals surface area (Å²) < 4.78 is 2.02. The minimum Gasteiger partial charge on any atom is -0.351 e. The van der Waals surface area contributed by atoms with E-state index in [2.05, 4.69) is 22.1 Å². The Labute approximate surface area is 168 Å². The van der Waals surface area contributed by atoms with Gasteiger partial charge in [-0.15, -0.1) is 0 Å². The van der Waals surface area contributed by atoms with Crippen molar-refractivity contribution in [3.8, 4) is 0 Å². The number of carbonyl (C=O) groups is 2. The van der Waals surface area contributed by atoms with Gasteiger partial charge in [0.25, 0.3) is 11.8 Å². The quantitative estimate of drug-likeness (QED) is 0.727. The van der Waals surface area contributed by atoms with Crippen molar-refractivity contribution in [2.24, 2.45) is 0 Å². The third kappa shape index (κ3) is 4.57. The molecule has 0 aliphatic carbocycles. The van der Waals surface area contributed by atoms with E-state index in [1.807, 2.05) is 23.6 Å². The molecule has 28 heavy (non-hydrogen) atoms. The van der Waals surface area contributed by atoms with Crippen LogP contribution in [0.5, 0.6) is 0 Å². The Bertz CT molecular complexity index is 697. The van der Waals surface area contributed by atoms with Crippen molar-refractivity contribution >= 4 is 11.8 Å². The third-order valence-corrected chi connectivity index (χ3v) is 5.95. The van der Waals surface area contributed by atoms with Gasteiger partial charge in [0.2, 0.25) is 0 Å². The largest absolute Gasteiger partial charge is 0.351 e. The van der Waals surface area contributed by atoms with Crippen molar-refractivity contribution in [2.75, 3.05) is 33.7 Å². The molecular weight excluding hydrogens is 354 g/mol. The highest BCUT2D eigenvalue weighted by Crippen LogP contribution is 2.25. The molecule has 0 aromatic carbocycles. The summed E-state index contributed by atoms with van der Waals surface area (Å²) >= 11 is 0. The Hall–Kier alpha value is -1.89. The minimum absolute atomic E-state index is 0.00126. The predicted molar refractivity (Wildman–Crippen MR) is 110 cm³/mol. The summed E-state index contributed by atoms with van der Waals surface area (Å²) in [7, 11) is 4.05. The van der Waals surface area contributed by atoms with E-state index in [-0.39, 0.29) is 11.8 Å². The molecule has 0 bridgehead atoms. The number of nitrogens with zero attached hydrogens (tertiary/aromatic N) is 4. The second-order valence-corrected chi connectivity index (χ2v) is 8.31. The molecule has 7 heteroatoms. The van der Waals surface area contributed by atoms with E-state index >= 15 is 0 Å². The van der Waals surface area contributed by atoms with Gasteiger partial charge in [-0.3, -0.25) is 9.59 Å². The van der Waals surface area contributed by atoms with Gasteiger partial charge < -0.3 is 19.7 Å². The van der Waals surface area contributed by atoms with Crippen LogP contribution in [0.3, 0.4) is 0 Å². The van der Waals surface area contributed by atoms with E-state index in [0.717, 1.165) is 70.3 Å². The average Bonchev–Trinajstić information content (AvgIpc) is 3.10. The van der Waals surface area contributed by atoms with Gasteiger partial charge in [-0.2, -0.15) is 0 Å². The summed E-state index contributed by atoms with van der Waals surface area (Å²) in [5.41, 5.74) is 1.39. The molecule has 1 atom stereocenters. The molecular formula is C21H35N5O2. The number of nitrogens with one attached hydrogen (secondary N) is 1. The lowest BCUT2D eigenvalue weighted by Crippen LogP contribution is -2.44. The zero-order valence-corrected chi connectivity index (χ0v) is 17.7. The molecule has 1 aromatic heterocycles. The Kier molecular flexibility index (Phi) is 7.10. The predicted octanol–water partition coefficient (Wildman–Crippen LogP) is 2.31. The van der Waals surface area contributed by atoms with Crippen LogP contribution in [0, 0.1) is 0 Å². The second kappa shape index (κ2) is 9.54. The zero-order valence-electron chi connectivity index (χ0n) is 17.7. The molecule has 0 spiro atoms. The fraction of sp³-hybridized carbons (Fsp3) is 0.762. The van der Waals surface area contributed by atoms with Crippen molar-refractivity contribution in [3.63, 3.8) is 0 Å².